The lowest BCUT2D eigenvalue weighted by atomic mass is 9.95. The summed E-state index contributed by atoms with van der Waals surface area (Å²) in [5, 5.41) is 22.6. The molecule has 7 nitrogen and oxygen atoms in total. The minimum Gasteiger partial charge on any atom is -0.503 e. The van der Waals surface area contributed by atoms with Crippen LogP contribution in [0.2, 0.25) is 0 Å². The Kier molecular flexibility index (Phi) is 6.56. The van der Waals surface area contributed by atoms with Crippen LogP contribution in [0.1, 0.15) is 27.7 Å². The molecule has 1 aliphatic heterocycles. The van der Waals surface area contributed by atoms with Crippen molar-refractivity contribution < 1.29 is 23.5 Å². The zero-order chi connectivity index (χ0) is 28.8. The second-order valence-electron chi connectivity index (χ2n) is 9.62. The molecule has 0 bridgehead atoms. The SMILES string of the molecule is O=C(C1=C(O)C(=O)N(c2nnc(SCc3cccc4ccccc34)s2)[C@H]1c1ccccc1F)c1cc2ccccc2o1. The molecule has 0 fully saturated rings. The number of carbonyl (C=O) groups excluding carboxylic acids is 2. The molecule has 0 saturated carbocycles. The largest absolute Gasteiger partial charge is 0.503 e. The van der Waals surface area contributed by atoms with E-state index in [0.717, 1.165) is 32.6 Å². The molecule has 0 aliphatic carbocycles. The predicted molar refractivity (Wildman–Crippen MR) is 160 cm³/mol. The number of hydrogen-bond donors (Lipinski definition) is 1. The minimum absolute atomic E-state index is 0.0366. The van der Waals surface area contributed by atoms with Gasteiger partial charge >= 0.3 is 0 Å². The van der Waals surface area contributed by atoms with Crippen LogP contribution in [0.15, 0.2) is 117 Å². The lowest BCUT2D eigenvalue weighted by molar-refractivity contribution is -0.117. The number of aromatic nitrogens is 2. The number of furan rings is 1. The van der Waals surface area contributed by atoms with Crippen LogP contribution in [0.25, 0.3) is 21.7 Å². The van der Waals surface area contributed by atoms with Crippen LogP contribution in [0.4, 0.5) is 9.52 Å². The van der Waals surface area contributed by atoms with E-state index < -0.39 is 29.3 Å². The van der Waals surface area contributed by atoms with E-state index in [1.807, 2.05) is 24.3 Å². The Hall–Kier alpha value is -4.80. The first kappa shape index (κ1) is 26.1. The predicted octanol–water partition coefficient (Wildman–Crippen LogP) is 7.65. The summed E-state index contributed by atoms with van der Waals surface area (Å²) in [5.41, 5.74) is 1.34. The van der Waals surface area contributed by atoms with E-state index in [1.54, 1.807) is 30.3 Å². The first-order valence-corrected chi connectivity index (χ1v) is 14.8. The number of amides is 1. The number of aliphatic hydroxyl groups excluding tert-OH is 1. The van der Waals surface area contributed by atoms with E-state index in [-0.39, 0.29) is 22.0 Å². The Morgan fingerprint density at radius 2 is 1.69 bits per heavy atom. The molecule has 1 N–H and O–H groups in total. The summed E-state index contributed by atoms with van der Waals surface area (Å²) < 4.78 is 21.5. The van der Waals surface area contributed by atoms with Crippen LogP contribution in [-0.2, 0) is 10.5 Å². The van der Waals surface area contributed by atoms with E-state index >= 15 is 4.39 Å². The van der Waals surface area contributed by atoms with Gasteiger partial charge in [-0.1, -0.05) is 102 Å². The topological polar surface area (TPSA) is 96.5 Å². The molecule has 1 atom stereocenters. The Bertz CT molecular complexity index is 2010. The van der Waals surface area contributed by atoms with E-state index in [4.69, 9.17) is 4.42 Å². The number of rotatable bonds is 7. The highest BCUT2D eigenvalue weighted by Gasteiger charge is 2.47. The van der Waals surface area contributed by atoms with Gasteiger partial charge in [-0.05, 0) is 34.5 Å². The molecule has 10 heteroatoms. The van der Waals surface area contributed by atoms with Crippen molar-refractivity contribution in [1.29, 1.82) is 0 Å². The number of fused-ring (bicyclic) bond motifs is 2. The molecule has 0 saturated heterocycles. The summed E-state index contributed by atoms with van der Waals surface area (Å²) in [5.74, 6) is -2.47. The first-order chi connectivity index (χ1) is 20.5. The lowest BCUT2D eigenvalue weighted by Crippen LogP contribution is -2.31. The smallest absolute Gasteiger partial charge is 0.296 e. The number of carbonyl (C=O) groups is 2. The quantitative estimate of drug-likeness (QED) is 0.115. The molecule has 206 valence electrons. The molecule has 42 heavy (non-hydrogen) atoms. The zero-order valence-electron chi connectivity index (χ0n) is 21.7. The van der Waals surface area contributed by atoms with E-state index in [9.17, 15) is 14.7 Å². The fourth-order valence-electron chi connectivity index (χ4n) is 5.17. The van der Waals surface area contributed by atoms with Crippen molar-refractivity contribution in [1.82, 2.24) is 10.2 Å². The molecule has 7 rings (SSSR count). The van der Waals surface area contributed by atoms with Crippen molar-refractivity contribution in [2.75, 3.05) is 4.90 Å². The molecule has 1 aliphatic rings. The Labute approximate surface area is 246 Å². The number of nitrogens with zero attached hydrogens (tertiary/aromatic N) is 3. The number of benzene rings is 4. The minimum atomic E-state index is -1.27. The van der Waals surface area contributed by atoms with Gasteiger partial charge in [0.25, 0.3) is 5.91 Å². The van der Waals surface area contributed by atoms with Crippen LogP contribution in [0, 0.1) is 5.82 Å². The van der Waals surface area contributed by atoms with E-state index in [0.29, 0.717) is 21.1 Å². The standard InChI is InChI=1S/C32H20FN3O4S2/c33-23-14-5-4-13-22(23)27-26(28(37)25-16-19-9-2-6-15-24(19)40-25)29(38)30(39)36(27)31-34-35-32(42-31)41-17-20-11-7-10-18-8-1-3-12-21(18)20/h1-16,27,38H,17H2/t27-/m0/s1. The number of halogens is 1. The summed E-state index contributed by atoms with van der Waals surface area (Å²) in [6.07, 6.45) is 0. The highest BCUT2D eigenvalue weighted by Crippen LogP contribution is 2.45. The molecule has 3 heterocycles. The number of thioether (sulfide) groups is 1. The van der Waals surface area contributed by atoms with Crippen molar-refractivity contribution in [3.63, 3.8) is 0 Å². The maximum absolute atomic E-state index is 15.2. The maximum atomic E-state index is 15.2. The summed E-state index contributed by atoms with van der Waals surface area (Å²) >= 11 is 2.58. The summed E-state index contributed by atoms with van der Waals surface area (Å²) in [7, 11) is 0. The Balaban J connectivity index is 1.24. The van der Waals surface area contributed by atoms with Crippen molar-refractivity contribution in [3.8, 4) is 0 Å². The molecule has 4 aromatic carbocycles. The second kappa shape index (κ2) is 10.6. The number of ketones is 1. The molecule has 0 unspecified atom stereocenters. The third-order valence-corrected chi connectivity index (χ3v) is 9.24. The van der Waals surface area contributed by atoms with Gasteiger partial charge in [0.1, 0.15) is 17.4 Å². The van der Waals surface area contributed by atoms with Gasteiger partial charge in [-0.2, -0.15) is 0 Å². The molecular formula is C32H20FN3O4S2. The fraction of sp³-hybridized carbons (Fsp3) is 0.0625. The second-order valence-corrected chi connectivity index (χ2v) is 11.8. The van der Waals surface area contributed by atoms with Crippen LogP contribution >= 0.6 is 23.1 Å². The van der Waals surface area contributed by atoms with E-state index in [2.05, 4.69) is 28.4 Å². The van der Waals surface area contributed by atoms with Gasteiger partial charge in [0.05, 0.1) is 5.57 Å². The number of para-hydroxylation sites is 1. The van der Waals surface area contributed by atoms with Gasteiger partial charge in [0.2, 0.25) is 10.9 Å². The van der Waals surface area contributed by atoms with Gasteiger partial charge in [0, 0.05) is 16.7 Å². The average Bonchev–Trinajstić information content (AvgIpc) is 3.72. The average molecular weight is 594 g/mol. The molecular weight excluding hydrogens is 574 g/mol. The maximum Gasteiger partial charge on any atom is 0.296 e. The van der Waals surface area contributed by atoms with Gasteiger partial charge in [-0.25, -0.2) is 4.39 Å². The zero-order valence-corrected chi connectivity index (χ0v) is 23.4. The molecule has 2 aromatic heterocycles. The van der Waals surface area contributed by atoms with Crippen LogP contribution in [-0.4, -0.2) is 27.0 Å². The highest BCUT2D eigenvalue weighted by molar-refractivity contribution is 8.00. The molecule has 1 amide bonds. The molecule has 0 spiro atoms. The fourth-order valence-corrected chi connectivity index (χ4v) is 7.04. The van der Waals surface area contributed by atoms with E-state index in [1.165, 1.54) is 36.0 Å². The van der Waals surface area contributed by atoms with Crippen molar-refractivity contribution in [2.45, 2.75) is 16.1 Å². The number of aliphatic hydroxyl groups is 1. The molecule has 0 radical (unpaired) electrons. The Morgan fingerprint density at radius 3 is 2.52 bits per heavy atom. The van der Waals surface area contributed by atoms with Gasteiger partial charge < -0.3 is 9.52 Å². The van der Waals surface area contributed by atoms with Crippen LogP contribution < -0.4 is 4.90 Å². The van der Waals surface area contributed by atoms with Crippen molar-refractivity contribution in [3.05, 3.63) is 131 Å². The van der Waals surface area contributed by atoms with Gasteiger partial charge in [0.15, 0.2) is 15.9 Å². The number of Topliss-reactive ketones (excluding diaryl/α,β-unsaturated/α-hetero) is 1. The first-order valence-electron chi connectivity index (χ1n) is 13.0. The summed E-state index contributed by atoms with van der Waals surface area (Å²) in [4.78, 5) is 28.4. The third kappa shape index (κ3) is 4.45. The molecule has 6 aromatic rings. The Morgan fingerprint density at radius 1 is 0.952 bits per heavy atom. The van der Waals surface area contributed by atoms with Crippen LogP contribution in [0.3, 0.4) is 0 Å². The normalized spacial score (nSPS) is 15.3. The summed E-state index contributed by atoms with van der Waals surface area (Å²) in [6.45, 7) is 0. The summed E-state index contributed by atoms with van der Waals surface area (Å²) in [6, 6.07) is 27.4. The number of anilines is 1. The lowest BCUT2D eigenvalue weighted by Gasteiger charge is -2.24. The third-order valence-electron chi connectivity index (χ3n) is 7.13. The number of hydrogen-bond acceptors (Lipinski definition) is 8. The van der Waals surface area contributed by atoms with Gasteiger partial charge in [-0.3, -0.25) is 14.5 Å². The van der Waals surface area contributed by atoms with Crippen molar-refractivity contribution in [2.24, 2.45) is 0 Å². The van der Waals surface area contributed by atoms with Crippen LogP contribution in [0.5, 0.6) is 0 Å². The van der Waals surface area contributed by atoms with Gasteiger partial charge in [-0.15, -0.1) is 10.2 Å². The van der Waals surface area contributed by atoms with Crippen molar-refractivity contribution >= 4 is 61.7 Å². The highest BCUT2D eigenvalue weighted by atomic mass is 32.2. The monoisotopic (exact) mass is 593 g/mol.